The van der Waals surface area contributed by atoms with Crippen LogP contribution in [0.3, 0.4) is 0 Å². The molecule has 198 valence electrons. The first-order valence-electron chi connectivity index (χ1n) is 13.5. The Labute approximate surface area is 243 Å². The molecular weight excluding hydrogens is 531 g/mol. The topological polar surface area (TPSA) is 29.5 Å². The molecule has 5 aromatic rings. The van der Waals surface area contributed by atoms with Gasteiger partial charge in [-0.15, -0.1) is 22.7 Å². The maximum absolute atomic E-state index is 12.0. The van der Waals surface area contributed by atoms with Crippen LogP contribution in [0.2, 0.25) is 0 Å². The summed E-state index contributed by atoms with van der Waals surface area (Å²) in [6.07, 6.45) is 5.57. The Kier molecular flexibility index (Phi) is 7.76. The summed E-state index contributed by atoms with van der Waals surface area (Å²) in [5.74, 6) is -0.198. The van der Waals surface area contributed by atoms with Gasteiger partial charge in [0.25, 0.3) is 0 Å². The molecule has 0 saturated heterocycles. The lowest BCUT2D eigenvalue weighted by molar-refractivity contribution is -0.138. The van der Waals surface area contributed by atoms with E-state index in [-0.39, 0.29) is 5.97 Å². The van der Waals surface area contributed by atoms with Gasteiger partial charge in [0.15, 0.2) is 0 Å². The number of hydrogen-bond donors (Lipinski definition) is 0. The lowest BCUT2D eigenvalue weighted by atomic mass is 9.97. The Morgan fingerprint density at radius 2 is 1.20 bits per heavy atom. The molecule has 0 aliphatic heterocycles. The second kappa shape index (κ2) is 11.9. The summed E-state index contributed by atoms with van der Waals surface area (Å²) in [5, 5.41) is 0. The van der Waals surface area contributed by atoms with Gasteiger partial charge in [-0.25, -0.2) is 4.79 Å². The average Bonchev–Trinajstić information content (AvgIpc) is 3.70. The largest absolute Gasteiger partial charge is 0.463 e. The highest BCUT2D eigenvalue weighted by molar-refractivity contribution is 7.24. The minimum atomic E-state index is -0.198. The van der Waals surface area contributed by atoms with E-state index in [9.17, 15) is 4.79 Å². The Morgan fingerprint density at radius 3 is 1.77 bits per heavy atom. The van der Waals surface area contributed by atoms with Crippen LogP contribution in [-0.4, -0.2) is 12.6 Å². The van der Waals surface area contributed by atoms with Gasteiger partial charge < -0.3 is 9.64 Å². The standard InChI is InChI=1S/C35H29NO2S2/c1-2-38-35(37)27-15-13-25(14-16-27)31-21-23-33(39-31)34-24-22-32(40-34)26-17-19-30(20-18-26)36(28-9-5-3-6-10-28)29-11-7-4-8-12-29/h3-13,15,17-24H,2,14,16H2,1H3. The van der Waals surface area contributed by atoms with Crippen molar-refractivity contribution in [1.82, 2.24) is 0 Å². The number of allylic oxidation sites excluding steroid dienone is 3. The van der Waals surface area contributed by atoms with E-state index in [4.69, 9.17) is 4.74 Å². The summed E-state index contributed by atoms with van der Waals surface area (Å²) in [4.78, 5) is 19.3. The summed E-state index contributed by atoms with van der Waals surface area (Å²) in [6.45, 7) is 2.25. The molecule has 0 amide bonds. The van der Waals surface area contributed by atoms with Crippen LogP contribution in [-0.2, 0) is 9.53 Å². The first kappa shape index (κ1) is 26.1. The number of thiophene rings is 2. The van der Waals surface area contributed by atoms with Crippen LogP contribution in [0, 0.1) is 0 Å². The Balaban J connectivity index is 1.21. The molecule has 0 fully saturated rings. The monoisotopic (exact) mass is 559 g/mol. The molecule has 2 aromatic heterocycles. The van der Waals surface area contributed by atoms with E-state index in [0.29, 0.717) is 6.61 Å². The molecular formula is C35H29NO2S2. The molecule has 0 spiro atoms. The SMILES string of the molecule is CCOC(=O)C1=CC=C(c2ccc(-c3ccc(-c4ccc(N(c5ccccc5)c5ccccc5)cc4)s3)s2)CC1. The quantitative estimate of drug-likeness (QED) is 0.177. The predicted molar refractivity (Wildman–Crippen MR) is 170 cm³/mol. The zero-order valence-corrected chi connectivity index (χ0v) is 23.9. The third-order valence-electron chi connectivity index (χ3n) is 6.90. The summed E-state index contributed by atoms with van der Waals surface area (Å²) in [6, 6.07) is 38.6. The van der Waals surface area contributed by atoms with E-state index < -0.39 is 0 Å². The van der Waals surface area contributed by atoms with Gasteiger partial charge in [-0.05, 0) is 91.6 Å². The van der Waals surface area contributed by atoms with Crippen LogP contribution in [0.25, 0.3) is 25.8 Å². The van der Waals surface area contributed by atoms with Crippen molar-refractivity contribution in [3.63, 3.8) is 0 Å². The fourth-order valence-corrected chi connectivity index (χ4v) is 7.04. The van der Waals surface area contributed by atoms with Crippen LogP contribution in [0.1, 0.15) is 24.6 Å². The smallest absolute Gasteiger partial charge is 0.333 e. The molecule has 0 N–H and O–H groups in total. The molecule has 1 aliphatic rings. The average molecular weight is 560 g/mol. The van der Waals surface area contributed by atoms with E-state index in [1.54, 1.807) is 0 Å². The Hall–Kier alpha value is -4.19. The van der Waals surface area contributed by atoms with E-state index >= 15 is 0 Å². The number of hydrogen-bond acceptors (Lipinski definition) is 5. The summed E-state index contributed by atoms with van der Waals surface area (Å²) in [7, 11) is 0. The maximum Gasteiger partial charge on any atom is 0.333 e. The molecule has 1 aliphatic carbocycles. The van der Waals surface area contributed by atoms with Crippen LogP contribution in [0.15, 0.2) is 127 Å². The van der Waals surface area contributed by atoms with E-state index in [1.807, 2.05) is 47.8 Å². The van der Waals surface area contributed by atoms with Crippen molar-refractivity contribution in [2.24, 2.45) is 0 Å². The predicted octanol–water partition coefficient (Wildman–Crippen LogP) is 10.3. The van der Waals surface area contributed by atoms with Crippen molar-refractivity contribution < 1.29 is 9.53 Å². The van der Waals surface area contributed by atoms with Gasteiger partial charge in [-0.3, -0.25) is 0 Å². The normalized spacial score (nSPS) is 12.9. The lowest BCUT2D eigenvalue weighted by Gasteiger charge is -2.25. The van der Waals surface area contributed by atoms with Gasteiger partial charge in [0, 0.05) is 42.1 Å². The number of rotatable bonds is 8. The maximum atomic E-state index is 12.0. The van der Waals surface area contributed by atoms with Crippen molar-refractivity contribution in [1.29, 1.82) is 0 Å². The molecule has 2 heterocycles. The molecule has 0 atom stereocenters. The van der Waals surface area contributed by atoms with E-state index in [1.165, 1.54) is 30.6 Å². The molecule has 3 nitrogen and oxygen atoms in total. The molecule has 6 rings (SSSR count). The third kappa shape index (κ3) is 5.57. The van der Waals surface area contributed by atoms with Gasteiger partial charge in [0.05, 0.1) is 6.61 Å². The fraction of sp³-hybridized carbons (Fsp3) is 0.114. The highest BCUT2D eigenvalue weighted by atomic mass is 32.1. The van der Waals surface area contributed by atoms with E-state index in [2.05, 4.69) is 108 Å². The summed E-state index contributed by atoms with van der Waals surface area (Å²) in [5.41, 5.74) is 6.64. The summed E-state index contributed by atoms with van der Waals surface area (Å²) >= 11 is 3.63. The van der Waals surface area contributed by atoms with Gasteiger partial charge in [0.2, 0.25) is 0 Å². The molecule has 40 heavy (non-hydrogen) atoms. The molecule has 0 saturated carbocycles. The van der Waals surface area contributed by atoms with Crippen LogP contribution in [0.4, 0.5) is 17.1 Å². The summed E-state index contributed by atoms with van der Waals surface area (Å²) < 4.78 is 5.15. The molecule has 0 bridgehead atoms. The number of para-hydroxylation sites is 2. The minimum Gasteiger partial charge on any atom is -0.463 e. The van der Waals surface area contributed by atoms with Crippen molar-refractivity contribution in [3.8, 4) is 20.2 Å². The number of benzene rings is 3. The number of carbonyl (C=O) groups excluding carboxylic acids is 1. The first-order valence-corrected chi connectivity index (χ1v) is 15.1. The van der Waals surface area contributed by atoms with Gasteiger partial charge in [-0.2, -0.15) is 0 Å². The van der Waals surface area contributed by atoms with Gasteiger partial charge in [-0.1, -0.05) is 60.7 Å². The number of ether oxygens (including phenoxy) is 1. The highest BCUT2D eigenvalue weighted by Gasteiger charge is 2.17. The number of carbonyl (C=O) groups is 1. The first-order chi connectivity index (χ1) is 19.7. The fourth-order valence-electron chi connectivity index (χ4n) is 4.88. The van der Waals surface area contributed by atoms with Gasteiger partial charge in [0.1, 0.15) is 0 Å². The molecule has 5 heteroatoms. The minimum absolute atomic E-state index is 0.198. The van der Waals surface area contributed by atoms with Crippen molar-refractivity contribution in [2.75, 3.05) is 11.5 Å². The van der Waals surface area contributed by atoms with Crippen molar-refractivity contribution in [3.05, 3.63) is 132 Å². The van der Waals surface area contributed by atoms with Crippen molar-refractivity contribution in [2.45, 2.75) is 19.8 Å². The second-order valence-corrected chi connectivity index (χ2v) is 11.7. The van der Waals surface area contributed by atoms with Crippen molar-refractivity contribution >= 4 is 51.3 Å². The van der Waals surface area contributed by atoms with Gasteiger partial charge >= 0.3 is 5.97 Å². The van der Waals surface area contributed by atoms with Crippen LogP contribution >= 0.6 is 22.7 Å². The number of nitrogens with zero attached hydrogens (tertiary/aromatic N) is 1. The van der Waals surface area contributed by atoms with E-state index in [0.717, 1.165) is 35.5 Å². The number of esters is 1. The number of anilines is 3. The van der Waals surface area contributed by atoms with Crippen LogP contribution in [0.5, 0.6) is 0 Å². The Bertz CT molecular complexity index is 1620. The zero-order chi connectivity index (χ0) is 27.3. The highest BCUT2D eigenvalue weighted by Crippen LogP contribution is 2.41. The second-order valence-electron chi connectivity index (χ2n) is 9.49. The molecule has 0 radical (unpaired) electrons. The molecule has 3 aromatic carbocycles. The third-order valence-corrected chi connectivity index (χ3v) is 9.39. The lowest BCUT2D eigenvalue weighted by Crippen LogP contribution is -2.09. The Morgan fingerprint density at radius 1 is 0.650 bits per heavy atom. The zero-order valence-electron chi connectivity index (χ0n) is 22.2. The van der Waals surface area contributed by atoms with Crippen LogP contribution < -0.4 is 4.90 Å². The molecule has 0 unspecified atom stereocenters.